The molecule has 0 aliphatic heterocycles. The van der Waals surface area contributed by atoms with E-state index in [4.69, 9.17) is 10.5 Å². The normalized spacial score (nSPS) is 13.1. The average molecular weight is 413 g/mol. The molecule has 0 saturated carbocycles. The molecule has 0 aromatic heterocycles. The van der Waals surface area contributed by atoms with E-state index in [1.54, 1.807) is 19.1 Å². The predicted molar refractivity (Wildman–Crippen MR) is 108 cm³/mol. The van der Waals surface area contributed by atoms with Gasteiger partial charge < -0.3 is 15.8 Å². The molecule has 2 aromatic rings. The van der Waals surface area contributed by atoms with Gasteiger partial charge in [-0.15, -0.1) is 12.4 Å². The van der Waals surface area contributed by atoms with E-state index < -0.39 is 9.84 Å². The Morgan fingerprint density at radius 1 is 1.11 bits per heavy atom. The second-order valence-electron chi connectivity index (χ2n) is 6.11. The molecule has 0 spiro atoms. The van der Waals surface area contributed by atoms with Crippen LogP contribution < -0.4 is 15.8 Å². The summed E-state index contributed by atoms with van der Waals surface area (Å²) in [6.45, 7) is 2.40. The molecule has 0 heterocycles. The molecular weight excluding hydrogens is 388 g/mol. The number of ether oxygens (including phenoxy) is 1. The number of nitrogens with two attached hydrogens (primary N) is 1. The number of nitrogens with one attached hydrogen (secondary N) is 1. The fourth-order valence-electron chi connectivity index (χ4n) is 2.41. The van der Waals surface area contributed by atoms with Crippen molar-refractivity contribution in [2.75, 3.05) is 19.4 Å². The van der Waals surface area contributed by atoms with Crippen molar-refractivity contribution in [1.82, 2.24) is 5.32 Å². The third-order valence-corrected chi connectivity index (χ3v) is 5.19. The number of halogens is 1. The van der Waals surface area contributed by atoms with Crippen LogP contribution in [0, 0.1) is 5.92 Å². The molecule has 27 heavy (non-hydrogen) atoms. The lowest BCUT2D eigenvalue weighted by molar-refractivity contribution is -0.125. The molecule has 0 bridgehead atoms. The van der Waals surface area contributed by atoms with Gasteiger partial charge in [0.1, 0.15) is 12.4 Å². The van der Waals surface area contributed by atoms with E-state index in [2.05, 4.69) is 5.32 Å². The molecule has 2 unspecified atom stereocenters. The quantitative estimate of drug-likeness (QED) is 0.648. The van der Waals surface area contributed by atoms with Gasteiger partial charge in [-0.2, -0.15) is 0 Å². The number of rotatable bonds is 8. The van der Waals surface area contributed by atoms with Crippen molar-refractivity contribution in [1.29, 1.82) is 0 Å². The number of amides is 1. The van der Waals surface area contributed by atoms with Crippen molar-refractivity contribution in [2.24, 2.45) is 11.7 Å². The molecule has 0 fully saturated rings. The Kier molecular flexibility index (Phi) is 8.75. The molecule has 1 amide bonds. The Hall–Kier alpha value is -2.09. The minimum atomic E-state index is -3.22. The fourth-order valence-corrected chi connectivity index (χ4v) is 3.04. The highest BCUT2D eigenvalue weighted by atomic mass is 35.5. The number of hydrogen-bond acceptors (Lipinski definition) is 5. The summed E-state index contributed by atoms with van der Waals surface area (Å²) in [5.74, 6) is 0.0320. The molecule has 2 atom stereocenters. The maximum Gasteiger partial charge on any atom is 0.224 e. The Morgan fingerprint density at radius 2 is 1.70 bits per heavy atom. The van der Waals surface area contributed by atoms with Crippen LogP contribution in [0.2, 0.25) is 0 Å². The lowest BCUT2D eigenvalue weighted by Crippen LogP contribution is -2.37. The van der Waals surface area contributed by atoms with E-state index in [0.717, 1.165) is 11.8 Å². The van der Waals surface area contributed by atoms with E-state index in [-0.39, 0.29) is 41.8 Å². The summed E-state index contributed by atoms with van der Waals surface area (Å²) in [6.07, 6.45) is 1.15. The van der Waals surface area contributed by atoms with Crippen LogP contribution in [-0.4, -0.2) is 33.7 Å². The molecule has 8 heteroatoms. The van der Waals surface area contributed by atoms with Gasteiger partial charge in [0.05, 0.1) is 17.4 Å². The van der Waals surface area contributed by atoms with Crippen LogP contribution in [0.1, 0.15) is 18.5 Å². The number of benzene rings is 2. The van der Waals surface area contributed by atoms with Gasteiger partial charge in [-0.25, -0.2) is 8.42 Å². The zero-order valence-corrected chi connectivity index (χ0v) is 16.9. The van der Waals surface area contributed by atoms with Gasteiger partial charge in [0.25, 0.3) is 0 Å². The molecule has 3 N–H and O–H groups in total. The van der Waals surface area contributed by atoms with E-state index in [1.807, 2.05) is 30.3 Å². The van der Waals surface area contributed by atoms with Gasteiger partial charge in [0.2, 0.25) is 5.91 Å². The Bertz CT molecular complexity index is 827. The molecule has 2 rings (SSSR count). The van der Waals surface area contributed by atoms with Crippen LogP contribution in [0.25, 0.3) is 0 Å². The lowest BCUT2D eigenvalue weighted by Gasteiger charge is -2.19. The molecule has 0 aliphatic rings. The second kappa shape index (κ2) is 10.3. The highest BCUT2D eigenvalue weighted by Crippen LogP contribution is 2.19. The van der Waals surface area contributed by atoms with E-state index >= 15 is 0 Å². The third kappa shape index (κ3) is 6.86. The zero-order valence-electron chi connectivity index (χ0n) is 15.3. The number of hydrogen-bond donors (Lipinski definition) is 2. The van der Waals surface area contributed by atoms with Gasteiger partial charge in [0, 0.05) is 12.3 Å². The Labute approximate surface area is 166 Å². The SMILES string of the molecule is CC(C(=O)NCCOc1ccc(S(C)(=O)=O)cc1)C(N)c1ccccc1.Cl. The third-order valence-electron chi connectivity index (χ3n) is 4.06. The topological polar surface area (TPSA) is 98.5 Å². The van der Waals surface area contributed by atoms with Gasteiger partial charge >= 0.3 is 0 Å². The van der Waals surface area contributed by atoms with E-state index in [0.29, 0.717) is 12.3 Å². The van der Waals surface area contributed by atoms with Crippen molar-refractivity contribution in [3.05, 3.63) is 60.2 Å². The Balaban J connectivity index is 0.00000364. The molecule has 148 valence electrons. The highest BCUT2D eigenvalue weighted by molar-refractivity contribution is 7.90. The summed E-state index contributed by atoms with van der Waals surface area (Å²) in [5.41, 5.74) is 7.06. The predicted octanol–water partition coefficient (Wildman–Crippen LogP) is 2.34. The lowest BCUT2D eigenvalue weighted by atomic mass is 9.95. The van der Waals surface area contributed by atoms with Gasteiger partial charge in [0.15, 0.2) is 9.84 Å². The van der Waals surface area contributed by atoms with Crippen LogP contribution in [0.4, 0.5) is 0 Å². The van der Waals surface area contributed by atoms with E-state index in [1.165, 1.54) is 12.1 Å². The first-order valence-electron chi connectivity index (χ1n) is 8.30. The van der Waals surface area contributed by atoms with Crippen molar-refractivity contribution >= 4 is 28.2 Å². The molecular formula is C19H25ClN2O4S. The van der Waals surface area contributed by atoms with Gasteiger partial charge in [-0.3, -0.25) is 4.79 Å². The second-order valence-corrected chi connectivity index (χ2v) is 8.12. The largest absolute Gasteiger partial charge is 0.492 e. The maximum absolute atomic E-state index is 12.2. The van der Waals surface area contributed by atoms with Crippen molar-refractivity contribution < 1.29 is 17.9 Å². The van der Waals surface area contributed by atoms with Crippen molar-refractivity contribution in [2.45, 2.75) is 17.9 Å². The van der Waals surface area contributed by atoms with Crippen molar-refractivity contribution in [3.8, 4) is 5.75 Å². The molecule has 0 radical (unpaired) electrons. The maximum atomic E-state index is 12.2. The van der Waals surface area contributed by atoms with Crippen LogP contribution in [0.15, 0.2) is 59.5 Å². The van der Waals surface area contributed by atoms with Gasteiger partial charge in [-0.1, -0.05) is 37.3 Å². The van der Waals surface area contributed by atoms with Crippen LogP contribution in [-0.2, 0) is 14.6 Å². The molecule has 2 aromatic carbocycles. The first kappa shape index (κ1) is 23.0. The molecule has 0 aliphatic carbocycles. The number of sulfone groups is 1. The van der Waals surface area contributed by atoms with E-state index in [9.17, 15) is 13.2 Å². The highest BCUT2D eigenvalue weighted by Gasteiger charge is 2.21. The minimum Gasteiger partial charge on any atom is -0.492 e. The summed E-state index contributed by atoms with van der Waals surface area (Å²) in [4.78, 5) is 12.4. The monoisotopic (exact) mass is 412 g/mol. The summed E-state index contributed by atoms with van der Waals surface area (Å²) >= 11 is 0. The Morgan fingerprint density at radius 3 is 2.26 bits per heavy atom. The van der Waals surface area contributed by atoms with Crippen LogP contribution >= 0.6 is 12.4 Å². The van der Waals surface area contributed by atoms with Crippen LogP contribution in [0.5, 0.6) is 5.75 Å². The number of carbonyl (C=O) groups is 1. The summed E-state index contributed by atoms with van der Waals surface area (Å²) in [6, 6.07) is 15.3. The molecule has 0 saturated heterocycles. The van der Waals surface area contributed by atoms with Crippen LogP contribution in [0.3, 0.4) is 0 Å². The smallest absolute Gasteiger partial charge is 0.224 e. The number of carbonyl (C=O) groups excluding carboxylic acids is 1. The summed E-state index contributed by atoms with van der Waals surface area (Å²) in [7, 11) is -3.22. The average Bonchev–Trinajstić information content (AvgIpc) is 2.64. The first-order chi connectivity index (χ1) is 12.3. The van der Waals surface area contributed by atoms with Gasteiger partial charge in [-0.05, 0) is 29.8 Å². The minimum absolute atomic E-state index is 0. The standard InChI is InChI=1S/C19H24N2O4S.ClH/c1-14(18(20)15-6-4-3-5-7-15)19(22)21-12-13-25-16-8-10-17(11-9-16)26(2,23)24;/h3-11,14,18H,12-13,20H2,1-2H3,(H,21,22);1H. The van der Waals surface area contributed by atoms with Crippen molar-refractivity contribution in [3.63, 3.8) is 0 Å². The summed E-state index contributed by atoms with van der Waals surface area (Å²) in [5, 5.41) is 2.80. The fraction of sp³-hybridized carbons (Fsp3) is 0.316. The molecule has 6 nitrogen and oxygen atoms in total. The summed E-state index contributed by atoms with van der Waals surface area (Å²) < 4.78 is 28.3. The first-order valence-corrected chi connectivity index (χ1v) is 10.2. The zero-order chi connectivity index (χ0) is 19.2.